The fourth-order valence-corrected chi connectivity index (χ4v) is 2.50. The molecule has 0 radical (unpaired) electrons. The van der Waals surface area contributed by atoms with Crippen molar-refractivity contribution >= 4 is 23.6 Å². The molecule has 1 N–H and O–H groups in total. The number of halogens is 1. The van der Waals surface area contributed by atoms with Gasteiger partial charge in [0, 0.05) is 29.4 Å². The first-order valence-electron chi connectivity index (χ1n) is 7.93. The van der Waals surface area contributed by atoms with E-state index in [1.807, 2.05) is 61.7 Å². The summed E-state index contributed by atoms with van der Waals surface area (Å²) in [5.74, 6) is -0.163. The van der Waals surface area contributed by atoms with Gasteiger partial charge in [0.1, 0.15) is 0 Å². The molecule has 0 fully saturated rings. The zero-order valence-corrected chi connectivity index (χ0v) is 14.6. The van der Waals surface area contributed by atoms with Crippen LogP contribution in [0.25, 0.3) is 11.8 Å². The molecule has 1 aromatic heterocycles. The van der Waals surface area contributed by atoms with Crippen LogP contribution in [0.15, 0.2) is 67.0 Å². The lowest BCUT2D eigenvalue weighted by Crippen LogP contribution is -2.19. The summed E-state index contributed by atoms with van der Waals surface area (Å²) in [7, 11) is 0. The minimum Gasteiger partial charge on any atom is -0.348 e. The number of carbonyl (C=O) groups is 1. The van der Waals surface area contributed by atoms with Crippen molar-refractivity contribution in [2.45, 2.75) is 13.5 Å². The van der Waals surface area contributed by atoms with E-state index in [9.17, 15) is 4.79 Å². The van der Waals surface area contributed by atoms with E-state index in [-0.39, 0.29) is 5.91 Å². The summed E-state index contributed by atoms with van der Waals surface area (Å²) in [6.45, 7) is 2.36. The molecular formula is C20H18ClN3O. The summed E-state index contributed by atoms with van der Waals surface area (Å²) in [5.41, 5.74) is 3.82. The van der Waals surface area contributed by atoms with Crippen molar-refractivity contribution in [2.24, 2.45) is 0 Å². The van der Waals surface area contributed by atoms with Gasteiger partial charge in [-0.05, 0) is 42.3 Å². The number of para-hydroxylation sites is 1. The molecule has 0 bridgehead atoms. The Labute approximate surface area is 151 Å². The molecule has 1 amide bonds. The van der Waals surface area contributed by atoms with E-state index in [1.165, 1.54) is 6.08 Å². The van der Waals surface area contributed by atoms with Crippen molar-refractivity contribution in [2.75, 3.05) is 0 Å². The fraction of sp³-hybridized carbons (Fsp3) is 0.100. The number of nitrogens with zero attached hydrogens (tertiary/aromatic N) is 2. The van der Waals surface area contributed by atoms with Gasteiger partial charge in [0.05, 0.1) is 11.9 Å². The number of aryl methyl sites for hydroxylation is 1. The highest BCUT2D eigenvalue weighted by Crippen LogP contribution is 2.17. The van der Waals surface area contributed by atoms with Crippen LogP contribution in [-0.2, 0) is 11.3 Å². The number of hydrogen-bond donors (Lipinski definition) is 1. The lowest BCUT2D eigenvalue weighted by molar-refractivity contribution is -0.116. The maximum atomic E-state index is 12.0. The maximum absolute atomic E-state index is 12.0. The molecule has 25 heavy (non-hydrogen) atoms. The SMILES string of the molecule is Cc1ccc(/C=C/C(=O)NCc2cnn(-c3ccccc3)c2)cc1Cl. The summed E-state index contributed by atoms with van der Waals surface area (Å²) < 4.78 is 1.78. The van der Waals surface area contributed by atoms with Gasteiger partial charge in [0.2, 0.25) is 5.91 Å². The van der Waals surface area contributed by atoms with Crippen LogP contribution in [0, 0.1) is 6.92 Å². The molecule has 0 saturated heterocycles. The van der Waals surface area contributed by atoms with Crippen LogP contribution in [0.1, 0.15) is 16.7 Å². The monoisotopic (exact) mass is 351 g/mol. The Bertz CT molecular complexity index is 900. The molecule has 0 spiro atoms. The molecule has 5 heteroatoms. The highest BCUT2D eigenvalue weighted by Gasteiger charge is 2.02. The highest BCUT2D eigenvalue weighted by molar-refractivity contribution is 6.31. The van der Waals surface area contributed by atoms with Crippen molar-refractivity contribution < 1.29 is 4.79 Å². The smallest absolute Gasteiger partial charge is 0.244 e. The number of rotatable bonds is 5. The topological polar surface area (TPSA) is 46.9 Å². The molecule has 0 aliphatic heterocycles. The number of nitrogens with one attached hydrogen (secondary N) is 1. The minimum absolute atomic E-state index is 0.163. The van der Waals surface area contributed by atoms with Gasteiger partial charge in [-0.2, -0.15) is 5.10 Å². The van der Waals surface area contributed by atoms with Gasteiger partial charge >= 0.3 is 0 Å². The van der Waals surface area contributed by atoms with E-state index < -0.39 is 0 Å². The molecule has 4 nitrogen and oxygen atoms in total. The van der Waals surface area contributed by atoms with Gasteiger partial charge < -0.3 is 5.32 Å². The zero-order valence-electron chi connectivity index (χ0n) is 13.8. The molecule has 0 aliphatic rings. The largest absolute Gasteiger partial charge is 0.348 e. The average molecular weight is 352 g/mol. The van der Waals surface area contributed by atoms with Crippen molar-refractivity contribution in [1.29, 1.82) is 0 Å². The first-order valence-corrected chi connectivity index (χ1v) is 8.30. The quantitative estimate of drug-likeness (QED) is 0.701. The summed E-state index contributed by atoms with van der Waals surface area (Å²) in [4.78, 5) is 12.0. The second kappa shape index (κ2) is 7.81. The molecule has 2 aromatic carbocycles. The Morgan fingerprint density at radius 1 is 1.24 bits per heavy atom. The van der Waals surface area contributed by atoms with Gasteiger partial charge in [-0.3, -0.25) is 4.79 Å². The molecule has 0 atom stereocenters. The van der Waals surface area contributed by atoms with Gasteiger partial charge in [-0.1, -0.05) is 41.9 Å². The molecule has 126 valence electrons. The van der Waals surface area contributed by atoms with E-state index in [2.05, 4.69) is 10.4 Å². The Morgan fingerprint density at radius 2 is 2.04 bits per heavy atom. The third-order valence-corrected chi connectivity index (χ3v) is 4.15. The van der Waals surface area contributed by atoms with Crippen molar-refractivity contribution in [3.05, 3.63) is 88.7 Å². The third-order valence-electron chi connectivity index (χ3n) is 3.75. The van der Waals surface area contributed by atoms with E-state index in [0.29, 0.717) is 11.6 Å². The van der Waals surface area contributed by atoms with E-state index >= 15 is 0 Å². The van der Waals surface area contributed by atoms with Crippen LogP contribution in [0.4, 0.5) is 0 Å². The van der Waals surface area contributed by atoms with Gasteiger partial charge in [-0.15, -0.1) is 0 Å². The lowest BCUT2D eigenvalue weighted by Gasteiger charge is -2.01. The van der Waals surface area contributed by atoms with Crippen LogP contribution < -0.4 is 5.32 Å². The predicted molar refractivity (Wildman–Crippen MR) is 101 cm³/mol. The number of carbonyl (C=O) groups excluding carboxylic acids is 1. The molecule has 0 saturated carbocycles. The summed E-state index contributed by atoms with van der Waals surface area (Å²) in [6, 6.07) is 15.5. The van der Waals surface area contributed by atoms with E-state index in [4.69, 9.17) is 11.6 Å². The predicted octanol–water partition coefficient (Wildman–Crippen LogP) is 4.16. The van der Waals surface area contributed by atoms with Crippen LogP contribution in [0.2, 0.25) is 5.02 Å². The van der Waals surface area contributed by atoms with Crippen LogP contribution >= 0.6 is 11.6 Å². The summed E-state index contributed by atoms with van der Waals surface area (Å²) in [6.07, 6.45) is 6.90. The van der Waals surface area contributed by atoms with Gasteiger partial charge in [0.25, 0.3) is 0 Å². The molecule has 0 unspecified atom stereocenters. The van der Waals surface area contributed by atoms with E-state index in [0.717, 1.165) is 22.4 Å². The van der Waals surface area contributed by atoms with Crippen molar-refractivity contribution in [1.82, 2.24) is 15.1 Å². The first kappa shape index (κ1) is 17.0. The second-order valence-corrected chi connectivity index (χ2v) is 6.10. The summed E-state index contributed by atoms with van der Waals surface area (Å²) in [5, 5.41) is 7.85. The van der Waals surface area contributed by atoms with Crippen LogP contribution in [0.5, 0.6) is 0 Å². The zero-order chi connectivity index (χ0) is 17.6. The highest BCUT2D eigenvalue weighted by atomic mass is 35.5. The Hall–Kier alpha value is -2.85. The van der Waals surface area contributed by atoms with Crippen molar-refractivity contribution in [3.8, 4) is 5.69 Å². The molecular weight excluding hydrogens is 334 g/mol. The Kier molecular flexibility index (Phi) is 5.31. The minimum atomic E-state index is -0.163. The third kappa shape index (κ3) is 4.58. The number of amides is 1. The van der Waals surface area contributed by atoms with Crippen LogP contribution in [-0.4, -0.2) is 15.7 Å². The fourth-order valence-electron chi connectivity index (χ4n) is 2.31. The molecule has 3 rings (SSSR count). The maximum Gasteiger partial charge on any atom is 0.244 e. The number of benzene rings is 2. The Morgan fingerprint density at radius 3 is 2.80 bits per heavy atom. The average Bonchev–Trinajstić information content (AvgIpc) is 3.11. The van der Waals surface area contributed by atoms with Crippen LogP contribution in [0.3, 0.4) is 0 Å². The number of hydrogen-bond acceptors (Lipinski definition) is 2. The molecule has 3 aromatic rings. The Balaban J connectivity index is 1.56. The van der Waals surface area contributed by atoms with Gasteiger partial charge in [0.15, 0.2) is 0 Å². The number of aromatic nitrogens is 2. The lowest BCUT2D eigenvalue weighted by atomic mass is 10.1. The van der Waals surface area contributed by atoms with Crippen molar-refractivity contribution in [3.63, 3.8) is 0 Å². The standard InChI is InChI=1S/C20H18ClN3O/c1-15-7-8-16(11-19(15)21)9-10-20(25)22-12-17-13-23-24(14-17)18-5-3-2-4-6-18/h2-11,13-14H,12H2,1H3,(H,22,25)/b10-9+. The van der Waals surface area contributed by atoms with Gasteiger partial charge in [-0.25, -0.2) is 4.68 Å². The first-order chi connectivity index (χ1) is 12.1. The van der Waals surface area contributed by atoms with E-state index in [1.54, 1.807) is 17.0 Å². The molecule has 0 aliphatic carbocycles. The normalized spacial score (nSPS) is 11.0. The molecule has 1 heterocycles. The summed E-state index contributed by atoms with van der Waals surface area (Å²) >= 11 is 6.08. The second-order valence-electron chi connectivity index (χ2n) is 5.69.